The summed E-state index contributed by atoms with van der Waals surface area (Å²) in [7, 11) is 0. The molecule has 3 heteroatoms. The normalized spacial score (nSPS) is 20.4. The SMILES string of the molecule is CC(C)N(Cc1cccc(N)c1)C1CCOC1. The van der Waals surface area contributed by atoms with Crippen molar-refractivity contribution in [3.63, 3.8) is 0 Å². The summed E-state index contributed by atoms with van der Waals surface area (Å²) in [5, 5.41) is 0. The predicted octanol–water partition coefficient (Wildman–Crippen LogP) is 2.27. The Morgan fingerprint density at radius 2 is 2.29 bits per heavy atom. The molecule has 0 aromatic heterocycles. The van der Waals surface area contributed by atoms with Crippen LogP contribution in [0.15, 0.2) is 24.3 Å². The molecule has 1 atom stereocenters. The fraction of sp³-hybridized carbons (Fsp3) is 0.571. The van der Waals surface area contributed by atoms with Gasteiger partial charge in [0, 0.05) is 30.9 Å². The molecule has 1 aromatic rings. The first-order valence-electron chi connectivity index (χ1n) is 6.34. The molecule has 0 aliphatic carbocycles. The van der Waals surface area contributed by atoms with Gasteiger partial charge in [-0.3, -0.25) is 4.90 Å². The van der Waals surface area contributed by atoms with E-state index in [1.165, 1.54) is 5.56 Å². The zero-order valence-electron chi connectivity index (χ0n) is 10.7. The first-order valence-corrected chi connectivity index (χ1v) is 6.34. The highest BCUT2D eigenvalue weighted by molar-refractivity contribution is 5.40. The Morgan fingerprint density at radius 1 is 1.47 bits per heavy atom. The van der Waals surface area contributed by atoms with Crippen molar-refractivity contribution in [1.29, 1.82) is 0 Å². The molecule has 2 N–H and O–H groups in total. The van der Waals surface area contributed by atoms with Gasteiger partial charge in [0.1, 0.15) is 0 Å². The second kappa shape index (κ2) is 5.52. The summed E-state index contributed by atoms with van der Waals surface area (Å²) in [5.41, 5.74) is 7.95. The first-order chi connectivity index (χ1) is 8.16. The lowest BCUT2D eigenvalue weighted by atomic mass is 10.1. The third kappa shape index (κ3) is 3.20. The van der Waals surface area contributed by atoms with Gasteiger partial charge in [-0.25, -0.2) is 0 Å². The predicted molar refractivity (Wildman–Crippen MR) is 70.8 cm³/mol. The topological polar surface area (TPSA) is 38.5 Å². The van der Waals surface area contributed by atoms with Gasteiger partial charge in [0.2, 0.25) is 0 Å². The van der Waals surface area contributed by atoms with Gasteiger partial charge in [-0.05, 0) is 38.0 Å². The fourth-order valence-corrected chi connectivity index (χ4v) is 2.42. The molecule has 0 saturated carbocycles. The number of nitrogens with zero attached hydrogens (tertiary/aromatic N) is 1. The Balaban J connectivity index is 2.07. The summed E-state index contributed by atoms with van der Waals surface area (Å²) in [6.45, 7) is 7.19. The average molecular weight is 234 g/mol. The van der Waals surface area contributed by atoms with E-state index in [4.69, 9.17) is 10.5 Å². The summed E-state index contributed by atoms with van der Waals surface area (Å²) >= 11 is 0. The van der Waals surface area contributed by atoms with Crippen molar-refractivity contribution in [2.45, 2.75) is 38.9 Å². The van der Waals surface area contributed by atoms with E-state index in [9.17, 15) is 0 Å². The standard InChI is InChI=1S/C14H22N2O/c1-11(2)16(14-6-7-17-10-14)9-12-4-3-5-13(15)8-12/h3-5,8,11,14H,6-7,9-10,15H2,1-2H3. The monoisotopic (exact) mass is 234 g/mol. The molecule has 0 bridgehead atoms. The number of benzene rings is 1. The maximum absolute atomic E-state index is 5.82. The van der Waals surface area contributed by atoms with Gasteiger partial charge in [0.15, 0.2) is 0 Å². The molecule has 94 valence electrons. The summed E-state index contributed by atoms with van der Waals surface area (Å²) in [4.78, 5) is 2.50. The average Bonchev–Trinajstić information content (AvgIpc) is 2.78. The van der Waals surface area contributed by atoms with Crippen LogP contribution in [-0.4, -0.2) is 30.2 Å². The van der Waals surface area contributed by atoms with Crippen LogP contribution in [0.2, 0.25) is 0 Å². The molecule has 0 radical (unpaired) electrons. The summed E-state index contributed by atoms with van der Waals surface area (Å²) in [5.74, 6) is 0. The van der Waals surface area contributed by atoms with E-state index in [-0.39, 0.29) is 0 Å². The fourth-order valence-electron chi connectivity index (χ4n) is 2.42. The van der Waals surface area contributed by atoms with Crippen LogP contribution in [0.5, 0.6) is 0 Å². The molecular formula is C14H22N2O. The van der Waals surface area contributed by atoms with Crippen molar-refractivity contribution in [2.75, 3.05) is 18.9 Å². The number of nitrogens with two attached hydrogens (primary N) is 1. The second-order valence-electron chi connectivity index (χ2n) is 5.03. The Morgan fingerprint density at radius 3 is 2.88 bits per heavy atom. The molecule has 1 unspecified atom stereocenters. The molecule has 1 aromatic carbocycles. The molecule has 0 spiro atoms. The van der Waals surface area contributed by atoms with Crippen LogP contribution in [0.4, 0.5) is 5.69 Å². The van der Waals surface area contributed by atoms with Crippen molar-refractivity contribution in [1.82, 2.24) is 4.90 Å². The Kier molecular flexibility index (Phi) is 4.02. The third-order valence-electron chi connectivity index (χ3n) is 3.35. The largest absolute Gasteiger partial charge is 0.399 e. The van der Waals surface area contributed by atoms with Gasteiger partial charge in [0.25, 0.3) is 0 Å². The molecule has 1 aliphatic rings. The number of ether oxygens (including phenoxy) is 1. The van der Waals surface area contributed by atoms with E-state index < -0.39 is 0 Å². The molecule has 2 rings (SSSR count). The van der Waals surface area contributed by atoms with Crippen LogP contribution in [0.3, 0.4) is 0 Å². The van der Waals surface area contributed by atoms with Crippen molar-refractivity contribution in [3.05, 3.63) is 29.8 Å². The molecule has 1 aliphatic heterocycles. The Labute approximate surface area is 104 Å². The zero-order valence-corrected chi connectivity index (χ0v) is 10.7. The number of nitrogen functional groups attached to an aromatic ring is 1. The number of hydrogen-bond acceptors (Lipinski definition) is 3. The van der Waals surface area contributed by atoms with E-state index in [2.05, 4.69) is 30.9 Å². The van der Waals surface area contributed by atoms with Crippen LogP contribution in [0.1, 0.15) is 25.8 Å². The van der Waals surface area contributed by atoms with E-state index >= 15 is 0 Å². The minimum absolute atomic E-state index is 0.531. The van der Waals surface area contributed by atoms with Gasteiger partial charge in [0.05, 0.1) is 6.61 Å². The van der Waals surface area contributed by atoms with Crippen LogP contribution in [0, 0.1) is 0 Å². The highest BCUT2D eigenvalue weighted by Gasteiger charge is 2.25. The first kappa shape index (κ1) is 12.4. The van der Waals surface area contributed by atoms with Crippen molar-refractivity contribution >= 4 is 5.69 Å². The van der Waals surface area contributed by atoms with E-state index in [1.807, 2.05) is 12.1 Å². The van der Waals surface area contributed by atoms with Gasteiger partial charge in [-0.15, -0.1) is 0 Å². The molecule has 1 saturated heterocycles. The minimum atomic E-state index is 0.531. The molecular weight excluding hydrogens is 212 g/mol. The Hall–Kier alpha value is -1.06. The van der Waals surface area contributed by atoms with Gasteiger partial charge >= 0.3 is 0 Å². The lowest BCUT2D eigenvalue weighted by Gasteiger charge is -2.31. The van der Waals surface area contributed by atoms with Crippen molar-refractivity contribution in [3.8, 4) is 0 Å². The Bertz CT molecular complexity index is 359. The van der Waals surface area contributed by atoms with Crippen LogP contribution in [-0.2, 0) is 11.3 Å². The van der Waals surface area contributed by atoms with Gasteiger partial charge in [-0.1, -0.05) is 12.1 Å². The summed E-state index contributed by atoms with van der Waals surface area (Å²) in [6, 6.07) is 9.24. The molecule has 1 heterocycles. The lowest BCUT2D eigenvalue weighted by molar-refractivity contribution is 0.114. The zero-order chi connectivity index (χ0) is 12.3. The van der Waals surface area contributed by atoms with E-state index in [1.54, 1.807) is 0 Å². The second-order valence-corrected chi connectivity index (χ2v) is 5.03. The highest BCUT2D eigenvalue weighted by Crippen LogP contribution is 2.19. The summed E-state index contributed by atoms with van der Waals surface area (Å²) in [6.07, 6.45) is 1.14. The molecule has 1 fully saturated rings. The minimum Gasteiger partial charge on any atom is -0.399 e. The number of anilines is 1. The third-order valence-corrected chi connectivity index (χ3v) is 3.35. The van der Waals surface area contributed by atoms with E-state index in [0.717, 1.165) is 31.9 Å². The van der Waals surface area contributed by atoms with Gasteiger partial charge in [-0.2, -0.15) is 0 Å². The highest BCUT2D eigenvalue weighted by atomic mass is 16.5. The maximum atomic E-state index is 5.82. The van der Waals surface area contributed by atoms with Crippen LogP contribution >= 0.6 is 0 Å². The van der Waals surface area contributed by atoms with Crippen LogP contribution in [0.25, 0.3) is 0 Å². The van der Waals surface area contributed by atoms with Crippen molar-refractivity contribution < 1.29 is 4.74 Å². The lowest BCUT2D eigenvalue weighted by Crippen LogP contribution is -2.40. The number of rotatable bonds is 4. The maximum Gasteiger partial charge on any atom is 0.0622 e. The molecule has 17 heavy (non-hydrogen) atoms. The smallest absolute Gasteiger partial charge is 0.0622 e. The number of hydrogen-bond donors (Lipinski definition) is 1. The van der Waals surface area contributed by atoms with Gasteiger partial charge < -0.3 is 10.5 Å². The molecule has 3 nitrogen and oxygen atoms in total. The van der Waals surface area contributed by atoms with Crippen LogP contribution < -0.4 is 5.73 Å². The quantitative estimate of drug-likeness (QED) is 0.812. The van der Waals surface area contributed by atoms with E-state index in [0.29, 0.717) is 12.1 Å². The molecule has 0 amide bonds. The van der Waals surface area contributed by atoms with Crippen molar-refractivity contribution in [2.24, 2.45) is 0 Å². The summed E-state index contributed by atoms with van der Waals surface area (Å²) < 4.78 is 5.48.